The van der Waals surface area contributed by atoms with Gasteiger partial charge in [-0.05, 0) is 18.6 Å². The predicted octanol–water partition coefficient (Wildman–Crippen LogP) is 0.484. The number of nitrogens with zero attached hydrogens (tertiary/aromatic N) is 5. The van der Waals surface area contributed by atoms with Crippen LogP contribution in [0.15, 0.2) is 24.5 Å². The van der Waals surface area contributed by atoms with Crippen molar-refractivity contribution in [3.05, 3.63) is 36.0 Å². The molecule has 2 aromatic heterocycles. The van der Waals surface area contributed by atoms with Gasteiger partial charge in [-0.25, -0.2) is 4.98 Å². The Morgan fingerprint density at radius 2 is 2.24 bits per heavy atom. The van der Waals surface area contributed by atoms with Crippen LogP contribution >= 0.6 is 0 Å². The number of fused-ring (bicyclic) bond motifs is 1. The molecule has 0 spiro atoms. The minimum atomic E-state index is -0.179. The molecular weight excluding hydrogens is 268 g/mol. The third-order valence-electron chi connectivity index (χ3n) is 3.61. The molecule has 0 aliphatic carbocycles. The van der Waals surface area contributed by atoms with Gasteiger partial charge in [0.1, 0.15) is 5.82 Å². The molecule has 1 aliphatic rings. The fourth-order valence-corrected chi connectivity index (χ4v) is 2.43. The molecular formula is C14H18N6O. The molecule has 21 heavy (non-hydrogen) atoms. The molecule has 1 aliphatic heterocycles. The zero-order chi connectivity index (χ0) is 14.8. The van der Waals surface area contributed by atoms with E-state index in [4.69, 9.17) is 0 Å². The Balaban J connectivity index is 1.64. The van der Waals surface area contributed by atoms with Gasteiger partial charge in [0.25, 0.3) is 5.91 Å². The van der Waals surface area contributed by atoms with Gasteiger partial charge in [0, 0.05) is 45.5 Å². The first-order valence-electron chi connectivity index (χ1n) is 6.95. The minimum absolute atomic E-state index is 0.106. The molecule has 1 unspecified atom stereocenters. The van der Waals surface area contributed by atoms with E-state index >= 15 is 0 Å². The van der Waals surface area contributed by atoms with Gasteiger partial charge in [-0.3, -0.25) is 4.79 Å². The van der Waals surface area contributed by atoms with Crippen LogP contribution in [-0.2, 0) is 13.0 Å². The van der Waals surface area contributed by atoms with Gasteiger partial charge in [0.2, 0.25) is 0 Å². The van der Waals surface area contributed by atoms with Crippen LogP contribution in [0.3, 0.4) is 0 Å². The molecule has 0 bridgehead atoms. The topological polar surface area (TPSA) is 75.9 Å². The van der Waals surface area contributed by atoms with Crippen LogP contribution in [-0.4, -0.2) is 45.8 Å². The number of imidazole rings is 1. The molecule has 7 nitrogen and oxygen atoms in total. The van der Waals surface area contributed by atoms with Crippen molar-refractivity contribution in [3.8, 4) is 0 Å². The van der Waals surface area contributed by atoms with Gasteiger partial charge in [-0.15, -0.1) is 10.2 Å². The number of rotatable bonds is 3. The van der Waals surface area contributed by atoms with Gasteiger partial charge in [-0.1, -0.05) is 0 Å². The minimum Gasteiger partial charge on any atom is -0.361 e. The Hall–Kier alpha value is -2.44. The van der Waals surface area contributed by atoms with Gasteiger partial charge in [-0.2, -0.15) is 0 Å². The van der Waals surface area contributed by atoms with Crippen molar-refractivity contribution >= 4 is 11.7 Å². The number of anilines is 1. The second-order valence-corrected chi connectivity index (χ2v) is 5.38. The van der Waals surface area contributed by atoms with Crippen LogP contribution in [0, 0.1) is 0 Å². The molecule has 110 valence electrons. The van der Waals surface area contributed by atoms with Gasteiger partial charge in [0.15, 0.2) is 11.5 Å². The van der Waals surface area contributed by atoms with Gasteiger partial charge >= 0.3 is 0 Å². The number of nitrogens with one attached hydrogen (secondary N) is 1. The highest BCUT2D eigenvalue weighted by molar-refractivity contribution is 5.92. The number of hydrogen-bond donors (Lipinski definition) is 1. The molecule has 1 atom stereocenters. The Morgan fingerprint density at radius 3 is 2.95 bits per heavy atom. The monoisotopic (exact) mass is 286 g/mol. The van der Waals surface area contributed by atoms with Crippen LogP contribution in [0.5, 0.6) is 0 Å². The van der Waals surface area contributed by atoms with Crippen molar-refractivity contribution < 1.29 is 4.79 Å². The number of hydrogen-bond acceptors (Lipinski definition) is 5. The maximum absolute atomic E-state index is 12.2. The van der Waals surface area contributed by atoms with Crippen molar-refractivity contribution in [1.82, 2.24) is 25.1 Å². The maximum Gasteiger partial charge on any atom is 0.272 e. The molecule has 0 radical (unpaired) electrons. The van der Waals surface area contributed by atoms with Crippen LogP contribution < -0.4 is 10.2 Å². The van der Waals surface area contributed by atoms with Crippen molar-refractivity contribution in [2.75, 3.05) is 19.0 Å². The van der Waals surface area contributed by atoms with E-state index in [-0.39, 0.29) is 11.9 Å². The first kappa shape index (κ1) is 13.5. The van der Waals surface area contributed by atoms with Crippen molar-refractivity contribution in [2.24, 2.45) is 0 Å². The fraction of sp³-hybridized carbons (Fsp3) is 0.429. The smallest absolute Gasteiger partial charge is 0.272 e. The van der Waals surface area contributed by atoms with Crippen LogP contribution in [0.25, 0.3) is 0 Å². The summed E-state index contributed by atoms with van der Waals surface area (Å²) in [6.45, 7) is 0.754. The van der Waals surface area contributed by atoms with Crippen LogP contribution in [0.1, 0.15) is 22.7 Å². The quantitative estimate of drug-likeness (QED) is 0.888. The maximum atomic E-state index is 12.2. The van der Waals surface area contributed by atoms with Gasteiger partial charge < -0.3 is 14.8 Å². The second-order valence-electron chi connectivity index (χ2n) is 5.38. The van der Waals surface area contributed by atoms with Crippen molar-refractivity contribution in [1.29, 1.82) is 0 Å². The van der Waals surface area contributed by atoms with Crippen molar-refractivity contribution in [2.45, 2.75) is 25.4 Å². The summed E-state index contributed by atoms with van der Waals surface area (Å²) in [4.78, 5) is 18.3. The van der Waals surface area contributed by atoms with E-state index in [0.717, 1.165) is 31.0 Å². The number of carbonyl (C=O) groups excluding carboxylic acids is 1. The molecule has 0 saturated carbocycles. The Bertz CT molecular complexity index is 633. The average molecular weight is 286 g/mol. The zero-order valence-electron chi connectivity index (χ0n) is 12.2. The number of aromatic nitrogens is 4. The summed E-state index contributed by atoms with van der Waals surface area (Å²) in [6.07, 6.45) is 5.51. The molecule has 1 N–H and O–H groups in total. The molecule has 2 aromatic rings. The lowest BCUT2D eigenvalue weighted by atomic mass is 10.1. The SMILES string of the molecule is CN(C)c1ccc(C(=O)NC2CCc3nccn3C2)nn1. The van der Waals surface area contributed by atoms with E-state index in [1.54, 1.807) is 18.3 Å². The summed E-state index contributed by atoms with van der Waals surface area (Å²) >= 11 is 0. The highest BCUT2D eigenvalue weighted by Gasteiger charge is 2.21. The average Bonchev–Trinajstić information content (AvgIpc) is 2.95. The van der Waals surface area contributed by atoms with E-state index in [1.807, 2.05) is 25.2 Å². The van der Waals surface area contributed by atoms with Crippen LogP contribution in [0.4, 0.5) is 5.82 Å². The zero-order valence-corrected chi connectivity index (χ0v) is 12.2. The standard InChI is InChI=1S/C14H18N6O/c1-19(2)13-6-4-11(17-18-13)14(21)16-10-3-5-12-15-7-8-20(12)9-10/h4,6-8,10H,3,5,9H2,1-2H3,(H,16,21). The van der Waals surface area contributed by atoms with Crippen molar-refractivity contribution in [3.63, 3.8) is 0 Å². The first-order valence-corrected chi connectivity index (χ1v) is 6.95. The highest BCUT2D eigenvalue weighted by atomic mass is 16.2. The third-order valence-corrected chi connectivity index (χ3v) is 3.61. The highest BCUT2D eigenvalue weighted by Crippen LogP contribution is 2.13. The largest absolute Gasteiger partial charge is 0.361 e. The second kappa shape index (κ2) is 5.51. The number of carbonyl (C=O) groups is 1. The summed E-state index contributed by atoms with van der Waals surface area (Å²) < 4.78 is 2.08. The van der Waals surface area contributed by atoms with E-state index in [0.29, 0.717) is 5.69 Å². The molecule has 7 heteroatoms. The molecule has 0 saturated heterocycles. The number of aryl methyl sites for hydroxylation is 1. The summed E-state index contributed by atoms with van der Waals surface area (Å²) in [5.74, 6) is 1.63. The molecule has 0 fully saturated rings. The Labute approximate surface area is 123 Å². The van der Waals surface area contributed by atoms with E-state index in [2.05, 4.69) is 25.1 Å². The predicted molar refractivity (Wildman–Crippen MR) is 78.2 cm³/mol. The first-order chi connectivity index (χ1) is 10.1. The fourth-order valence-electron chi connectivity index (χ4n) is 2.43. The Morgan fingerprint density at radius 1 is 1.38 bits per heavy atom. The summed E-state index contributed by atoms with van der Waals surface area (Å²) in [6, 6.07) is 3.59. The lowest BCUT2D eigenvalue weighted by Crippen LogP contribution is -2.41. The summed E-state index contributed by atoms with van der Waals surface area (Å²) in [5.41, 5.74) is 0.344. The summed E-state index contributed by atoms with van der Waals surface area (Å²) in [5, 5.41) is 11.0. The molecule has 3 rings (SSSR count). The summed E-state index contributed by atoms with van der Waals surface area (Å²) in [7, 11) is 3.77. The molecule has 1 amide bonds. The van der Waals surface area contributed by atoms with E-state index in [1.165, 1.54) is 0 Å². The Kier molecular flexibility index (Phi) is 3.55. The normalized spacial score (nSPS) is 17.1. The lowest BCUT2D eigenvalue weighted by Gasteiger charge is -2.24. The van der Waals surface area contributed by atoms with Crippen LogP contribution in [0.2, 0.25) is 0 Å². The third kappa shape index (κ3) is 2.86. The van der Waals surface area contributed by atoms with E-state index < -0.39 is 0 Å². The van der Waals surface area contributed by atoms with Gasteiger partial charge in [0.05, 0.1) is 0 Å². The molecule has 0 aromatic carbocycles. The lowest BCUT2D eigenvalue weighted by molar-refractivity contribution is 0.0921. The molecule has 3 heterocycles. The van der Waals surface area contributed by atoms with E-state index in [9.17, 15) is 4.79 Å². The number of amides is 1.